The zero-order chi connectivity index (χ0) is 10.2. The molecule has 0 bridgehead atoms. The van der Waals surface area contributed by atoms with Crippen molar-refractivity contribution in [2.45, 2.75) is 40.2 Å². The van der Waals surface area contributed by atoms with Crippen molar-refractivity contribution in [2.75, 3.05) is 6.54 Å². The molecule has 2 rings (SSSR count). The van der Waals surface area contributed by atoms with Gasteiger partial charge >= 0.3 is 0 Å². The number of aromatic amines is 1. The summed E-state index contributed by atoms with van der Waals surface area (Å²) in [6.07, 6.45) is 2.09. The van der Waals surface area contributed by atoms with Crippen LogP contribution in [0.5, 0.6) is 0 Å². The lowest BCUT2D eigenvalue weighted by molar-refractivity contribution is 0.402. The smallest absolute Gasteiger partial charge is 0.107 e. The lowest BCUT2D eigenvalue weighted by Crippen LogP contribution is -2.23. The first kappa shape index (κ1) is 9.71. The second kappa shape index (κ2) is 3.39. The average Bonchev–Trinajstić information content (AvgIpc) is 2.42. The normalized spacial score (nSPS) is 16.8. The Labute approximate surface area is 85.3 Å². The third kappa shape index (κ3) is 2.15. The van der Waals surface area contributed by atoms with Gasteiger partial charge in [-0.3, -0.25) is 0 Å². The lowest BCUT2D eigenvalue weighted by atomic mass is 9.92. The summed E-state index contributed by atoms with van der Waals surface area (Å²) in [5.41, 5.74) is 2.87. The zero-order valence-electron chi connectivity index (χ0n) is 9.28. The van der Waals surface area contributed by atoms with Gasteiger partial charge in [0.2, 0.25) is 0 Å². The fraction of sp³-hybridized carbons (Fsp3) is 0.727. The van der Waals surface area contributed by atoms with Gasteiger partial charge in [-0.1, -0.05) is 20.8 Å². The molecule has 0 amide bonds. The van der Waals surface area contributed by atoms with E-state index >= 15 is 0 Å². The Morgan fingerprint density at radius 1 is 1.36 bits per heavy atom. The summed E-state index contributed by atoms with van der Waals surface area (Å²) in [5.74, 6) is 1.14. The minimum absolute atomic E-state index is 0.313. The van der Waals surface area contributed by atoms with Crippen LogP contribution in [0.25, 0.3) is 0 Å². The molecule has 1 aromatic heterocycles. The molecule has 14 heavy (non-hydrogen) atoms. The van der Waals surface area contributed by atoms with Crippen LogP contribution in [0.4, 0.5) is 0 Å². The van der Waals surface area contributed by atoms with Crippen molar-refractivity contribution >= 4 is 0 Å². The topological polar surface area (TPSA) is 40.7 Å². The van der Waals surface area contributed by atoms with Gasteiger partial charge in [-0.25, -0.2) is 4.98 Å². The highest BCUT2D eigenvalue weighted by Crippen LogP contribution is 2.20. The van der Waals surface area contributed by atoms with Gasteiger partial charge in [0.15, 0.2) is 0 Å². The number of hydrogen-bond donors (Lipinski definition) is 2. The van der Waals surface area contributed by atoms with Crippen LogP contribution in [0.15, 0.2) is 0 Å². The van der Waals surface area contributed by atoms with Crippen LogP contribution in [-0.4, -0.2) is 16.5 Å². The van der Waals surface area contributed by atoms with Crippen LogP contribution >= 0.6 is 0 Å². The summed E-state index contributed by atoms with van der Waals surface area (Å²) in [6.45, 7) is 8.74. The van der Waals surface area contributed by atoms with Gasteiger partial charge in [0.1, 0.15) is 5.82 Å². The fourth-order valence-corrected chi connectivity index (χ4v) is 1.86. The van der Waals surface area contributed by atoms with Crippen molar-refractivity contribution in [3.63, 3.8) is 0 Å². The van der Waals surface area contributed by atoms with E-state index in [0.717, 1.165) is 31.8 Å². The first-order chi connectivity index (χ1) is 6.54. The highest BCUT2D eigenvalue weighted by molar-refractivity contribution is 5.17. The van der Waals surface area contributed by atoms with Crippen LogP contribution in [0.1, 0.15) is 38.0 Å². The minimum Gasteiger partial charge on any atom is -0.345 e. The van der Waals surface area contributed by atoms with Gasteiger partial charge in [0.25, 0.3) is 0 Å². The molecule has 0 radical (unpaired) electrons. The Morgan fingerprint density at radius 2 is 2.14 bits per heavy atom. The van der Waals surface area contributed by atoms with Crippen LogP contribution in [-0.2, 0) is 19.4 Å². The molecular weight excluding hydrogens is 174 g/mol. The van der Waals surface area contributed by atoms with Crippen molar-refractivity contribution in [2.24, 2.45) is 5.41 Å². The van der Waals surface area contributed by atoms with E-state index in [9.17, 15) is 0 Å². The van der Waals surface area contributed by atoms with E-state index in [1.54, 1.807) is 0 Å². The maximum atomic E-state index is 4.64. The number of fused-ring (bicyclic) bond motifs is 1. The number of nitrogens with one attached hydrogen (secondary N) is 2. The number of nitrogens with zero attached hydrogens (tertiary/aromatic N) is 1. The molecule has 1 aromatic rings. The summed E-state index contributed by atoms with van der Waals surface area (Å²) in [6, 6.07) is 0. The molecule has 2 heterocycles. The quantitative estimate of drug-likeness (QED) is 0.712. The van der Waals surface area contributed by atoms with E-state index in [-0.39, 0.29) is 0 Å². The van der Waals surface area contributed by atoms with Crippen molar-refractivity contribution < 1.29 is 0 Å². The predicted molar refractivity (Wildman–Crippen MR) is 57.2 cm³/mol. The standard InChI is InChI=1S/C11H19N3/c1-11(2,3)6-10-13-8-4-5-12-7-9(8)14-10/h12H,4-7H2,1-3H3,(H,13,14). The monoisotopic (exact) mass is 193 g/mol. The summed E-state index contributed by atoms with van der Waals surface area (Å²) < 4.78 is 0. The fourth-order valence-electron chi connectivity index (χ4n) is 1.86. The molecule has 3 nitrogen and oxygen atoms in total. The van der Waals surface area contributed by atoms with E-state index in [4.69, 9.17) is 0 Å². The van der Waals surface area contributed by atoms with Crippen LogP contribution in [0, 0.1) is 5.41 Å². The first-order valence-electron chi connectivity index (χ1n) is 5.32. The lowest BCUT2D eigenvalue weighted by Gasteiger charge is -2.15. The number of rotatable bonds is 1. The zero-order valence-corrected chi connectivity index (χ0v) is 9.28. The van der Waals surface area contributed by atoms with Crippen molar-refractivity contribution in [1.29, 1.82) is 0 Å². The van der Waals surface area contributed by atoms with Gasteiger partial charge in [-0.15, -0.1) is 0 Å². The first-order valence-corrected chi connectivity index (χ1v) is 5.32. The molecule has 0 aromatic carbocycles. The molecule has 1 aliphatic rings. The Balaban J connectivity index is 2.16. The highest BCUT2D eigenvalue weighted by Gasteiger charge is 2.18. The molecule has 0 saturated heterocycles. The Bertz CT molecular complexity index is 296. The highest BCUT2D eigenvalue weighted by atomic mass is 15.0. The molecule has 78 valence electrons. The number of hydrogen-bond acceptors (Lipinski definition) is 2. The molecule has 0 saturated carbocycles. The van der Waals surface area contributed by atoms with E-state index < -0.39 is 0 Å². The largest absolute Gasteiger partial charge is 0.345 e. The summed E-state index contributed by atoms with van der Waals surface area (Å²) in [7, 11) is 0. The maximum absolute atomic E-state index is 4.64. The van der Waals surface area contributed by atoms with Crippen LogP contribution in [0.2, 0.25) is 0 Å². The van der Waals surface area contributed by atoms with Crippen molar-refractivity contribution in [1.82, 2.24) is 15.3 Å². The van der Waals surface area contributed by atoms with Crippen molar-refractivity contribution in [3.8, 4) is 0 Å². The number of H-pyrrole nitrogens is 1. The molecule has 2 N–H and O–H groups in total. The van der Waals surface area contributed by atoms with Crippen molar-refractivity contribution in [3.05, 3.63) is 17.2 Å². The van der Waals surface area contributed by atoms with Gasteiger partial charge in [-0.2, -0.15) is 0 Å². The maximum Gasteiger partial charge on any atom is 0.107 e. The summed E-state index contributed by atoms with van der Waals surface area (Å²) in [5, 5.41) is 3.35. The van der Waals surface area contributed by atoms with Crippen LogP contribution in [0.3, 0.4) is 0 Å². The molecule has 0 unspecified atom stereocenters. The Hall–Kier alpha value is -0.830. The molecule has 0 fully saturated rings. The number of imidazole rings is 1. The molecule has 3 heteroatoms. The van der Waals surface area contributed by atoms with Crippen LogP contribution < -0.4 is 5.32 Å². The Kier molecular flexibility index (Phi) is 2.35. The van der Waals surface area contributed by atoms with Gasteiger partial charge in [0.05, 0.1) is 11.4 Å². The van der Waals surface area contributed by atoms with Gasteiger partial charge in [-0.05, 0) is 5.41 Å². The van der Waals surface area contributed by atoms with E-state index in [1.165, 1.54) is 11.4 Å². The van der Waals surface area contributed by atoms with E-state index in [2.05, 4.69) is 36.1 Å². The third-order valence-electron chi connectivity index (χ3n) is 2.45. The number of aromatic nitrogens is 2. The van der Waals surface area contributed by atoms with Gasteiger partial charge in [0, 0.05) is 25.9 Å². The predicted octanol–water partition coefficient (Wildman–Crippen LogP) is 1.64. The van der Waals surface area contributed by atoms with E-state index in [0.29, 0.717) is 5.41 Å². The molecule has 0 aliphatic carbocycles. The summed E-state index contributed by atoms with van der Waals surface area (Å²) in [4.78, 5) is 8.06. The minimum atomic E-state index is 0.313. The Morgan fingerprint density at radius 3 is 2.79 bits per heavy atom. The second-order valence-corrected chi connectivity index (χ2v) is 5.27. The average molecular weight is 193 g/mol. The third-order valence-corrected chi connectivity index (χ3v) is 2.45. The molecular formula is C11H19N3. The second-order valence-electron chi connectivity index (χ2n) is 5.27. The summed E-state index contributed by atoms with van der Waals surface area (Å²) >= 11 is 0. The molecule has 0 spiro atoms. The van der Waals surface area contributed by atoms with Gasteiger partial charge < -0.3 is 10.3 Å². The van der Waals surface area contributed by atoms with E-state index in [1.807, 2.05) is 0 Å². The molecule has 0 atom stereocenters. The SMILES string of the molecule is CC(C)(C)Cc1nc2c([nH]1)CNCC2. The molecule has 1 aliphatic heterocycles.